The maximum Gasteiger partial charge on any atom is 0.399 e. The molecular weight excluding hydrogens is 1040 g/mol. The number of ether oxygens (including phenoxy) is 1. The van der Waals surface area contributed by atoms with Crippen LogP contribution in [0.25, 0.3) is 10.1 Å². The smallest absolute Gasteiger partial charge is 0.366 e. The fourth-order valence-electron chi connectivity index (χ4n) is 8.79. The number of amides is 7. The van der Waals surface area contributed by atoms with Crippen LogP contribution in [0.5, 0.6) is 0 Å². The SMILES string of the molecule is CN(C(=O)[C@@H]1C[C@@H](OCC(=O)NCCCCCC#Cc2cccc3c2CN(C2CCC(=O)NC2=O)C3=O)CN1C(=O)[C@@H](NC(=O)c1cc2cc(C(F)(F)P(=O)(O)O)ccc2s1)C(C)(C)C)c1ccc(Br)cc1. The van der Waals surface area contributed by atoms with Gasteiger partial charge in [0.15, 0.2) is 0 Å². The maximum absolute atomic E-state index is 14.7. The Morgan fingerprint density at radius 1 is 1.03 bits per heavy atom. The largest absolute Gasteiger partial charge is 0.399 e. The number of carbonyl (C=O) groups is 7. The molecule has 72 heavy (non-hydrogen) atoms. The number of nitrogens with zero attached hydrogens (tertiary/aromatic N) is 3. The zero-order chi connectivity index (χ0) is 52.3. The van der Waals surface area contributed by atoms with Crippen LogP contribution in [0.2, 0.25) is 0 Å². The molecule has 0 radical (unpaired) electrons. The van der Waals surface area contributed by atoms with Gasteiger partial charge in [-0.3, -0.25) is 43.4 Å². The van der Waals surface area contributed by atoms with Crippen LogP contribution in [0, 0.1) is 17.3 Å². The van der Waals surface area contributed by atoms with Crippen molar-refractivity contribution in [3.63, 3.8) is 0 Å². The van der Waals surface area contributed by atoms with Crippen LogP contribution in [0.15, 0.2) is 71.2 Å². The van der Waals surface area contributed by atoms with Crippen molar-refractivity contribution >= 4 is 92.0 Å². The molecule has 22 heteroatoms. The molecule has 0 bridgehead atoms. The number of anilines is 1. The summed E-state index contributed by atoms with van der Waals surface area (Å²) in [5.41, 5.74) is -3.80. The van der Waals surface area contributed by atoms with Gasteiger partial charge < -0.3 is 39.9 Å². The van der Waals surface area contributed by atoms with Crippen molar-refractivity contribution in [3.8, 4) is 11.8 Å². The van der Waals surface area contributed by atoms with Crippen LogP contribution >= 0.6 is 34.9 Å². The van der Waals surface area contributed by atoms with E-state index in [9.17, 15) is 56.7 Å². The first-order chi connectivity index (χ1) is 33.9. The standard InChI is InChI=1S/C50H54BrF2N6O11PS/c1-49(2,3)43(56-45(63)40-24-30-23-31(14-20-39(30)72-40)50(52,53)71(67,68)69)48(66)58-26-34(25-38(58)47(65)57(4)33-17-15-32(51)16-18-33)70-28-42(61)54-22-9-7-5-6-8-11-29-12-10-13-35-36(29)27-59(46(35)64)37-19-21-41(60)55-44(37)62/h10,12-18,20,23-24,34,37-38,43H,5-7,9,19,21-22,25-28H2,1-4H3,(H,54,61)(H,56,63)(H,55,60,62)(H2,67,68,69)/t34-,37?,38+,43-/m1/s1. The van der Waals surface area contributed by atoms with E-state index in [0.29, 0.717) is 40.9 Å². The van der Waals surface area contributed by atoms with Crippen molar-refractivity contribution in [2.75, 3.05) is 31.6 Å². The first-order valence-electron chi connectivity index (χ1n) is 23.2. The van der Waals surface area contributed by atoms with Gasteiger partial charge >= 0.3 is 13.3 Å². The molecule has 7 rings (SSSR count). The van der Waals surface area contributed by atoms with Gasteiger partial charge in [0.1, 0.15) is 24.7 Å². The van der Waals surface area contributed by atoms with Gasteiger partial charge in [0.05, 0.1) is 11.0 Å². The fourth-order valence-corrected chi connectivity index (χ4v) is 10.5. The number of carbonyl (C=O) groups excluding carboxylic acids is 7. The molecule has 7 amide bonds. The minimum absolute atomic E-state index is 0.0434. The number of likely N-dealkylation sites (N-methyl/N-ethyl adjacent to an activating group) is 1. The molecule has 1 aromatic heterocycles. The summed E-state index contributed by atoms with van der Waals surface area (Å²) in [7, 11) is -4.27. The summed E-state index contributed by atoms with van der Waals surface area (Å²) < 4.78 is 47.8. The van der Waals surface area contributed by atoms with Crippen LogP contribution in [-0.4, -0.2) is 112 Å². The number of hydrogen-bond donors (Lipinski definition) is 5. The van der Waals surface area contributed by atoms with E-state index in [1.165, 1.54) is 26.8 Å². The van der Waals surface area contributed by atoms with Gasteiger partial charge in [-0.25, -0.2) is 0 Å². The lowest BCUT2D eigenvalue weighted by Gasteiger charge is -2.36. The summed E-state index contributed by atoms with van der Waals surface area (Å²) in [5.74, 6) is 3.10. The zero-order valence-electron chi connectivity index (χ0n) is 39.8. The highest BCUT2D eigenvalue weighted by Gasteiger charge is 2.51. The number of hydrogen-bond acceptors (Lipinski definition) is 10. The number of rotatable bonds is 16. The van der Waals surface area contributed by atoms with Crippen molar-refractivity contribution in [1.82, 2.24) is 25.8 Å². The second-order valence-corrected chi connectivity index (χ2v) is 22.6. The summed E-state index contributed by atoms with van der Waals surface area (Å²) >= 11 is 4.33. The Kier molecular flexibility index (Phi) is 16.5. The Morgan fingerprint density at radius 2 is 1.76 bits per heavy atom. The number of imide groups is 1. The van der Waals surface area contributed by atoms with Crippen LogP contribution in [0.1, 0.15) is 102 Å². The number of thiophene rings is 1. The third kappa shape index (κ3) is 12.1. The van der Waals surface area contributed by atoms with Crippen molar-refractivity contribution in [1.29, 1.82) is 0 Å². The molecule has 382 valence electrons. The molecule has 2 saturated heterocycles. The summed E-state index contributed by atoms with van der Waals surface area (Å²) in [6.45, 7) is 5.34. The predicted octanol–water partition coefficient (Wildman–Crippen LogP) is 6.17. The van der Waals surface area contributed by atoms with Gasteiger partial charge in [0.25, 0.3) is 11.8 Å². The first-order valence-corrected chi connectivity index (χ1v) is 26.4. The Morgan fingerprint density at radius 3 is 2.46 bits per heavy atom. The lowest BCUT2D eigenvalue weighted by atomic mass is 9.85. The van der Waals surface area contributed by atoms with E-state index < -0.39 is 78.0 Å². The van der Waals surface area contributed by atoms with E-state index in [4.69, 9.17) is 4.74 Å². The lowest BCUT2D eigenvalue weighted by molar-refractivity contribution is -0.141. The summed E-state index contributed by atoms with van der Waals surface area (Å²) in [6, 6.07) is 13.6. The highest BCUT2D eigenvalue weighted by molar-refractivity contribution is 9.10. The molecule has 4 heterocycles. The van der Waals surface area contributed by atoms with Crippen LogP contribution in [0.4, 0.5) is 14.5 Å². The number of likely N-dealkylation sites (tertiary alicyclic amines) is 1. The molecule has 0 spiro atoms. The van der Waals surface area contributed by atoms with Crippen molar-refractivity contribution in [2.24, 2.45) is 5.41 Å². The number of fused-ring (bicyclic) bond motifs is 2. The quantitative estimate of drug-likeness (QED) is 0.0368. The fraction of sp³-hybridized carbons (Fsp3) is 0.420. The Hall–Kier alpha value is -5.88. The first kappa shape index (κ1) is 53.9. The van der Waals surface area contributed by atoms with E-state index in [0.717, 1.165) is 46.3 Å². The van der Waals surface area contributed by atoms with E-state index >= 15 is 0 Å². The highest BCUT2D eigenvalue weighted by atomic mass is 79.9. The van der Waals surface area contributed by atoms with Crippen LogP contribution < -0.4 is 20.9 Å². The number of benzene rings is 3. The van der Waals surface area contributed by atoms with E-state index in [1.807, 2.05) is 6.07 Å². The second kappa shape index (κ2) is 22.1. The third-order valence-electron chi connectivity index (χ3n) is 12.8. The highest BCUT2D eigenvalue weighted by Crippen LogP contribution is 2.59. The van der Waals surface area contributed by atoms with Crippen LogP contribution in [-0.2, 0) is 45.5 Å². The van der Waals surface area contributed by atoms with Crippen molar-refractivity contribution in [2.45, 2.75) is 102 Å². The molecular formula is C50H54BrF2N6O11PS. The summed E-state index contributed by atoms with van der Waals surface area (Å²) in [6.07, 6.45) is 2.47. The van der Waals surface area contributed by atoms with Crippen LogP contribution in [0.3, 0.4) is 0 Å². The second-order valence-electron chi connectivity index (χ2n) is 19.0. The average Bonchev–Trinajstić information content (AvgIpc) is 4.05. The Bertz CT molecular complexity index is 2910. The average molecular weight is 1100 g/mol. The molecule has 3 aromatic carbocycles. The monoisotopic (exact) mass is 1090 g/mol. The Labute approximate surface area is 426 Å². The molecule has 3 aliphatic heterocycles. The minimum atomic E-state index is -5.85. The molecule has 3 aliphatic rings. The number of alkyl halides is 2. The van der Waals surface area contributed by atoms with Gasteiger partial charge in [0, 0.05) is 77.5 Å². The minimum Gasteiger partial charge on any atom is -0.366 e. The molecule has 17 nitrogen and oxygen atoms in total. The number of unbranched alkanes of at least 4 members (excludes halogenated alkanes) is 3. The topological polar surface area (TPSA) is 232 Å². The molecule has 1 unspecified atom stereocenters. The van der Waals surface area contributed by atoms with E-state index in [2.05, 4.69) is 43.7 Å². The van der Waals surface area contributed by atoms with Gasteiger partial charge in [-0.15, -0.1) is 11.3 Å². The summed E-state index contributed by atoms with van der Waals surface area (Å²) in [5, 5.41) is 8.07. The maximum atomic E-state index is 14.7. The van der Waals surface area contributed by atoms with Gasteiger partial charge in [-0.05, 0) is 90.2 Å². The molecule has 4 atom stereocenters. The lowest BCUT2D eigenvalue weighted by Crippen LogP contribution is -2.57. The van der Waals surface area contributed by atoms with Gasteiger partial charge in [-0.2, -0.15) is 8.78 Å². The molecule has 0 saturated carbocycles. The predicted molar refractivity (Wildman–Crippen MR) is 267 cm³/mol. The summed E-state index contributed by atoms with van der Waals surface area (Å²) in [4.78, 5) is 116. The normalized spacial score (nSPS) is 18.6. The van der Waals surface area contributed by atoms with Crippen molar-refractivity contribution in [3.05, 3.63) is 98.3 Å². The number of nitrogens with one attached hydrogen (secondary N) is 3. The molecule has 2 fully saturated rings. The Balaban J connectivity index is 0.936. The zero-order valence-corrected chi connectivity index (χ0v) is 43.1. The number of halogens is 3. The third-order valence-corrected chi connectivity index (χ3v) is 15.4. The van der Waals surface area contributed by atoms with Crippen molar-refractivity contribution < 1.29 is 61.4 Å². The van der Waals surface area contributed by atoms with Gasteiger partial charge in [-0.1, -0.05) is 67.1 Å². The van der Waals surface area contributed by atoms with Gasteiger partial charge in [0.2, 0.25) is 29.5 Å². The van der Waals surface area contributed by atoms with E-state index in [-0.39, 0.29) is 61.0 Å². The molecule has 4 aromatic rings. The molecule has 5 N–H and O–H groups in total. The number of piperidine rings is 1. The molecule has 0 aliphatic carbocycles. The van der Waals surface area contributed by atoms with E-state index in [1.54, 1.807) is 64.2 Å².